The Morgan fingerprint density at radius 1 is 1.08 bits per heavy atom. The van der Waals surface area contributed by atoms with Gasteiger partial charge < -0.3 is 14.9 Å². The average molecular weight is 363 g/mol. The van der Waals surface area contributed by atoms with E-state index in [4.69, 9.17) is 5.11 Å². The minimum atomic E-state index is 0.169. The third-order valence-electron chi connectivity index (χ3n) is 5.23. The first kappa shape index (κ1) is 18.7. The summed E-state index contributed by atoms with van der Waals surface area (Å²) < 4.78 is 0. The van der Waals surface area contributed by atoms with Gasteiger partial charge in [-0.25, -0.2) is 0 Å². The van der Waals surface area contributed by atoms with E-state index < -0.39 is 0 Å². The molecule has 5 heteroatoms. The maximum atomic E-state index is 12.8. The van der Waals surface area contributed by atoms with E-state index in [0.29, 0.717) is 11.7 Å². The zero-order valence-corrected chi connectivity index (χ0v) is 15.8. The van der Waals surface area contributed by atoms with Gasteiger partial charge in [-0.3, -0.25) is 4.79 Å². The molecule has 0 aliphatic carbocycles. The van der Waals surface area contributed by atoms with E-state index in [0.717, 1.165) is 36.5 Å². The summed E-state index contributed by atoms with van der Waals surface area (Å²) in [6.07, 6.45) is 6.40. The predicted octanol–water partition coefficient (Wildman–Crippen LogP) is 3.11. The molecule has 2 aliphatic rings. The van der Waals surface area contributed by atoms with Crippen LogP contribution in [0.1, 0.15) is 42.5 Å². The molecule has 4 nitrogen and oxygen atoms in total. The average Bonchev–Trinajstić information content (AvgIpc) is 2.67. The summed E-state index contributed by atoms with van der Waals surface area (Å²) in [5, 5.41) is 8.90. The van der Waals surface area contributed by atoms with Crippen LogP contribution in [0.4, 0.5) is 0 Å². The topological polar surface area (TPSA) is 43.8 Å². The third kappa shape index (κ3) is 5.47. The fraction of sp³-hybridized carbons (Fsp3) is 0.650. The van der Waals surface area contributed by atoms with Crippen LogP contribution in [0.2, 0.25) is 0 Å². The summed E-state index contributed by atoms with van der Waals surface area (Å²) in [5.41, 5.74) is 0.784. The quantitative estimate of drug-likeness (QED) is 0.790. The molecule has 1 aromatic rings. The Hall–Kier alpha value is -1.04. The Morgan fingerprint density at radius 2 is 1.84 bits per heavy atom. The van der Waals surface area contributed by atoms with Crippen molar-refractivity contribution < 1.29 is 9.90 Å². The van der Waals surface area contributed by atoms with Crippen molar-refractivity contribution in [3.8, 4) is 0 Å². The molecule has 0 unspecified atom stereocenters. The van der Waals surface area contributed by atoms with Crippen molar-refractivity contribution in [2.75, 3.05) is 45.1 Å². The summed E-state index contributed by atoms with van der Waals surface area (Å²) >= 11 is 1.62. The first-order valence-electron chi connectivity index (χ1n) is 9.61. The van der Waals surface area contributed by atoms with Crippen molar-refractivity contribution in [3.63, 3.8) is 0 Å². The van der Waals surface area contributed by atoms with Crippen LogP contribution in [0, 0.1) is 5.92 Å². The van der Waals surface area contributed by atoms with Crippen LogP contribution in [-0.2, 0) is 0 Å². The molecule has 3 rings (SSSR count). The number of carbonyl (C=O) groups is 1. The number of carbonyl (C=O) groups excluding carboxylic acids is 1. The molecule has 0 saturated carbocycles. The van der Waals surface area contributed by atoms with E-state index in [1.54, 1.807) is 11.8 Å². The minimum absolute atomic E-state index is 0.169. The van der Waals surface area contributed by atoms with Crippen molar-refractivity contribution in [1.29, 1.82) is 0 Å². The second-order valence-corrected chi connectivity index (χ2v) is 8.39. The second-order valence-electron chi connectivity index (χ2n) is 7.22. The van der Waals surface area contributed by atoms with Crippen molar-refractivity contribution in [1.82, 2.24) is 9.80 Å². The highest BCUT2D eigenvalue weighted by Gasteiger charge is 2.26. The van der Waals surface area contributed by atoms with Gasteiger partial charge in [0.05, 0.1) is 6.61 Å². The predicted molar refractivity (Wildman–Crippen MR) is 103 cm³/mol. The van der Waals surface area contributed by atoms with Crippen molar-refractivity contribution in [2.24, 2.45) is 5.92 Å². The monoisotopic (exact) mass is 362 g/mol. The summed E-state index contributed by atoms with van der Waals surface area (Å²) in [7, 11) is 0. The molecule has 1 amide bonds. The fourth-order valence-electron chi connectivity index (χ4n) is 3.95. The van der Waals surface area contributed by atoms with E-state index in [1.165, 1.54) is 38.8 Å². The standard InChI is InChI=1S/C20H30N2O2S/c23-13-14-25-19-8-6-18(7-9-19)20(24)22-12-4-5-17(16-22)15-21-10-2-1-3-11-21/h6-9,17,23H,1-5,10-16H2/t17-/m0/s1. The molecule has 1 atom stereocenters. The van der Waals surface area contributed by atoms with Gasteiger partial charge in [0.2, 0.25) is 0 Å². The third-order valence-corrected chi connectivity index (χ3v) is 6.22. The SMILES string of the molecule is O=C(c1ccc(SCCO)cc1)N1CCC[C@@H](CN2CCCCC2)C1. The van der Waals surface area contributed by atoms with Gasteiger partial charge in [-0.1, -0.05) is 6.42 Å². The second kappa shape index (κ2) is 9.60. The number of piperidine rings is 2. The first-order chi connectivity index (χ1) is 12.3. The lowest BCUT2D eigenvalue weighted by molar-refractivity contribution is 0.0631. The van der Waals surface area contributed by atoms with Crippen molar-refractivity contribution >= 4 is 17.7 Å². The van der Waals surface area contributed by atoms with Gasteiger partial charge in [0.1, 0.15) is 0 Å². The number of hydrogen-bond acceptors (Lipinski definition) is 4. The Balaban J connectivity index is 1.54. The summed E-state index contributed by atoms with van der Waals surface area (Å²) in [4.78, 5) is 18.6. The van der Waals surface area contributed by atoms with Crippen LogP contribution in [0.5, 0.6) is 0 Å². The van der Waals surface area contributed by atoms with Gasteiger partial charge in [-0.2, -0.15) is 0 Å². The molecule has 2 heterocycles. The Bertz CT molecular complexity index is 543. The zero-order chi connectivity index (χ0) is 17.5. The van der Waals surface area contributed by atoms with E-state index in [1.807, 2.05) is 29.2 Å². The first-order valence-corrected chi connectivity index (χ1v) is 10.6. The van der Waals surface area contributed by atoms with Crippen LogP contribution in [-0.4, -0.2) is 65.9 Å². The molecule has 138 valence electrons. The highest BCUT2D eigenvalue weighted by molar-refractivity contribution is 7.99. The molecule has 1 aromatic carbocycles. The Kier molecular flexibility index (Phi) is 7.20. The van der Waals surface area contributed by atoms with Gasteiger partial charge in [-0.05, 0) is 69.0 Å². The molecule has 2 saturated heterocycles. The van der Waals surface area contributed by atoms with E-state index in [-0.39, 0.29) is 12.5 Å². The number of aliphatic hydroxyl groups excluding tert-OH is 1. The Labute approximate surface area is 155 Å². The maximum absolute atomic E-state index is 12.8. The normalized spacial score (nSPS) is 22.1. The van der Waals surface area contributed by atoms with Gasteiger partial charge in [0, 0.05) is 35.8 Å². The van der Waals surface area contributed by atoms with Crippen LogP contribution in [0.25, 0.3) is 0 Å². The number of rotatable bonds is 6. The molecule has 0 bridgehead atoms. The largest absolute Gasteiger partial charge is 0.396 e. The highest BCUT2D eigenvalue weighted by Crippen LogP contribution is 2.23. The van der Waals surface area contributed by atoms with Crippen molar-refractivity contribution in [2.45, 2.75) is 37.0 Å². The van der Waals surface area contributed by atoms with Crippen LogP contribution >= 0.6 is 11.8 Å². The van der Waals surface area contributed by atoms with Gasteiger partial charge in [-0.15, -0.1) is 11.8 Å². The molecule has 0 aromatic heterocycles. The number of thioether (sulfide) groups is 1. The summed E-state index contributed by atoms with van der Waals surface area (Å²) in [6.45, 7) is 5.58. The van der Waals surface area contributed by atoms with E-state index in [2.05, 4.69) is 4.90 Å². The van der Waals surface area contributed by atoms with Gasteiger partial charge in [0.25, 0.3) is 5.91 Å². The lowest BCUT2D eigenvalue weighted by atomic mass is 9.96. The molecule has 0 radical (unpaired) electrons. The lowest BCUT2D eigenvalue weighted by Gasteiger charge is -2.37. The fourth-order valence-corrected chi connectivity index (χ4v) is 4.60. The van der Waals surface area contributed by atoms with Crippen molar-refractivity contribution in [3.05, 3.63) is 29.8 Å². The number of benzene rings is 1. The van der Waals surface area contributed by atoms with Crippen LogP contribution in [0.3, 0.4) is 0 Å². The molecular formula is C20H30N2O2S. The van der Waals surface area contributed by atoms with Gasteiger partial charge >= 0.3 is 0 Å². The molecule has 0 spiro atoms. The zero-order valence-electron chi connectivity index (χ0n) is 15.0. The van der Waals surface area contributed by atoms with Gasteiger partial charge in [0.15, 0.2) is 0 Å². The molecule has 2 fully saturated rings. The summed E-state index contributed by atoms with van der Waals surface area (Å²) in [6, 6.07) is 7.83. The molecular weight excluding hydrogens is 332 g/mol. The highest BCUT2D eigenvalue weighted by atomic mass is 32.2. The number of amides is 1. The number of hydrogen-bond donors (Lipinski definition) is 1. The maximum Gasteiger partial charge on any atom is 0.253 e. The Morgan fingerprint density at radius 3 is 2.56 bits per heavy atom. The van der Waals surface area contributed by atoms with E-state index in [9.17, 15) is 4.79 Å². The molecule has 25 heavy (non-hydrogen) atoms. The molecule has 1 N–H and O–H groups in total. The minimum Gasteiger partial charge on any atom is -0.396 e. The number of likely N-dealkylation sites (tertiary alicyclic amines) is 2. The van der Waals surface area contributed by atoms with Crippen LogP contribution in [0.15, 0.2) is 29.2 Å². The number of nitrogens with zero attached hydrogens (tertiary/aromatic N) is 2. The van der Waals surface area contributed by atoms with Crippen LogP contribution < -0.4 is 0 Å². The molecule has 2 aliphatic heterocycles. The smallest absolute Gasteiger partial charge is 0.253 e. The summed E-state index contributed by atoms with van der Waals surface area (Å²) in [5.74, 6) is 1.48. The lowest BCUT2D eigenvalue weighted by Crippen LogP contribution is -2.44. The van der Waals surface area contributed by atoms with E-state index >= 15 is 0 Å². The number of aliphatic hydroxyl groups is 1.